The minimum Gasteiger partial charge on any atom is -0.481 e. The highest BCUT2D eigenvalue weighted by Crippen LogP contribution is 2.25. The monoisotopic (exact) mass is 280 g/mol. The molecule has 1 N–H and O–H groups in total. The molecule has 6 heteroatoms. The van der Waals surface area contributed by atoms with E-state index in [1.165, 1.54) is 24.7 Å². The van der Waals surface area contributed by atoms with Gasteiger partial charge in [-0.05, 0) is 24.1 Å². The first-order valence-corrected chi connectivity index (χ1v) is 5.88. The van der Waals surface area contributed by atoms with Crippen molar-refractivity contribution in [2.45, 2.75) is 12.3 Å². The molecule has 0 aliphatic heterocycles. The number of carbonyl (C=O) groups is 1. The quantitative estimate of drug-likeness (QED) is 0.935. The van der Waals surface area contributed by atoms with E-state index in [2.05, 4.69) is 9.97 Å². The van der Waals surface area contributed by atoms with Crippen LogP contribution in [0, 0.1) is 5.82 Å². The van der Waals surface area contributed by atoms with Gasteiger partial charge in [0.2, 0.25) is 0 Å². The Morgan fingerprint density at radius 3 is 2.63 bits per heavy atom. The fourth-order valence-electron chi connectivity index (χ4n) is 1.74. The highest BCUT2D eigenvalue weighted by Gasteiger charge is 2.24. The Hall–Kier alpha value is -2.01. The normalized spacial score (nSPS) is 12.1. The SMILES string of the molecule is O=C(O)C(Cc1ccc(F)cc1)c1ncncc1Cl. The van der Waals surface area contributed by atoms with Gasteiger partial charge in [0.15, 0.2) is 0 Å². The lowest BCUT2D eigenvalue weighted by Gasteiger charge is -2.12. The summed E-state index contributed by atoms with van der Waals surface area (Å²) in [5.41, 5.74) is 0.956. The summed E-state index contributed by atoms with van der Waals surface area (Å²) in [7, 11) is 0. The van der Waals surface area contributed by atoms with E-state index in [-0.39, 0.29) is 23.0 Å². The van der Waals surface area contributed by atoms with Crippen molar-refractivity contribution in [1.29, 1.82) is 0 Å². The fraction of sp³-hybridized carbons (Fsp3) is 0.154. The Kier molecular flexibility index (Phi) is 4.06. The number of aromatic nitrogens is 2. The van der Waals surface area contributed by atoms with E-state index in [1.54, 1.807) is 12.1 Å². The molecular formula is C13H10ClFN2O2. The Morgan fingerprint density at radius 1 is 1.37 bits per heavy atom. The summed E-state index contributed by atoms with van der Waals surface area (Å²) >= 11 is 5.91. The highest BCUT2D eigenvalue weighted by atomic mass is 35.5. The molecule has 0 saturated heterocycles. The van der Waals surface area contributed by atoms with Crippen molar-refractivity contribution in [3.8, 4) is 0 Å². The van der Waals surface area contributed by atoms with E-state index >= 15 is 0 Å². The molecule has 0 amide bonds. The number of aliphatic carboxylic acids is 1. The summed E-state index contributed by atoms with van der Waals surface area (Å²) in [5, 5.41) is 9.48. The Balaban J connectivity index is 2.29. The zero-order chi connectivity index (χ0) is 13.8. The van der Waals surface area contributed by atoms with Crippen molar-refractivity contribution in [2.75, 3.05) is 0 Å². The zero-order valence-corrected chi connectivity index (χ0v) is 10.5. The molecule has 0 saturated carbocycles. The molecule has 0 radical (unpaired) electrons. The number of benzene rings is 1. The predicted octanol–water partition coefficient (Wildman–Crippen LogP) is 2.68. The van der Waals surface area contributed by atoms with Crippen LogP contribution in [0.25, 0.3) is 0 Å². The first-order chi connectivity index (χ1) is 9.08. The minimum absolute atomic E-state index is 0.187. The van der Waals surface area contributed by atoms with Gasteiger partial charge in [0.05, 0.1) is 10.7 Å². The lowest BCUT2D eigenvalue weighted by atomic mass is 9.96. The van der Waals surface area contributed by atoms with Crippen molar-refractivity contribution in [1.82, 2.24) is 9.97 Å². The van der Waals surface area contributed by atoms with Crippen LogP contribution < -0.4 is 0 Å². The van der Waals surface area contributed by atoms with Crippen LogP contribution in [0.4, 0.5) is 4.39 Å². The van der Waals surface area contributed by atoms with Crippen LogP contribution in [-0.2, 0) is 11.2 Å². The Bertz CT molecular complexity index is 589. The smallest absolute Gasteiger partial charge is 0.312 e. The van der Waals surface area contributed by atoms with Crippen molar-refractivity contribution in [3.63, 3.8) is 0 Å². The van der Waals surface area contributed by atoms with E-state index in [4.69, 9.17) is 11.6 Å². The van der Waals surface area contributed by atoms with Crippen LogP contribution in [0.3, 0.4) is 0 Å². The van der Waals surface area contributed by atoms with Gasteiger partial charge in [-0.1, -0.05) is 23.7 Å². The van der Waals surface area contributed by atoms with Crippen LogP contribution in [0.2, 0.25) is 5.02 Å². The molecule has 0 bridgehead atoms. The first-order valence-electron chi connectivity index (χ1n) is 5.50. The summed E-state index contributed by atoms with van der Waals surface area (Å²) in [4.78, 5) is 19.0. The Morgan fingerprint density at radius 2 is 2.05 bits per heavy atom. The molecule has 0 spiro atoms. The van der Waals surface area contributed by atoms with Gasteiger partial charge >= 0.3 is 5.97 Å². The van der Waals surface area contributed by atoms with E-state index in [0.29, 0.717) is 5.56 Å². The van der Waals surface area contributed by atoms with Crippen LogP contribution in [0.1, 0.15) is 17.2 Å². The molecule has 0 aliphatic rings. The number of rotatable bonds is 4. The number of carboxylic acids is 1. The van der Waals surface area contributed by atoms with Gasteiger partial charge in [0.1, 0.15) is 18.1 Å². The number of halogens is 2. The van der Waals surface area contributed by atoms with Crippen LogP contribution >= 0.6 is 11.6 Å². The molecule has 0 aliphatic carbocycles. The molecule has 4 nitrogen and oxygen atoms in total. The molecule has 2 rings (SSSR count). The summed E-state index contributed by atoms with van der Waals surface area (Å²) in [6, 6.07) is 5.66. The van der Waals surface area contributed by atoms with Gasteiger partial charge < -0.3 is 5.11 Å². The Labute approximate surface area is 113 Å². The predicted molar refractivity (Wildman–Crippen MR) is 67.5 cm³/mol. The molecule has 0 fully saturated rings. The van der Waals surface area contributed by atoms with Crippen molar-refractivity contribution in [3.05, 3.63) is 58.9 Å². The van der Waals surface area contributed by atoms with E-state index in [1.807, 2.05) is 0 Å². The van der Waals surface area contributed by atoms with Gasteiger partial charge in [-0.2, -0.15) is 0 Å². The first kappa shape index (κ1) is 13.4. The van der Waals surface area contributed by atoms with Gasteiger partial charge in [0.25, 0.3) is 0 Å². The number of nitrogens with zero attached hydrogens (tertiary/aromatic N) is 2. The van der Waals surface area contributed by atoms with E-state index in [9.17, 15) is 14.3 Å². The minimum atomic E-state index is -1.04. The van der Waals surface area contributed by atoms with Crippen molar-refractivity contribution < 1.29 is 14.3 Å². The fourth-order valence-corrected chi connectivity index (χ4v) is 1.97. The second-order valence-electron chi connectivity index (χ2n) is 3.98. The van der Waals surface area contributed by atoms with Gasteiger partial charge in [0, 0.05) is 6.20 Å². The molecule has 1 unspecified atom stereocenters. The third-order valence-electron chi connectivity index (χ3n) is 2.68. The molecule has 98 valence electrons. The van der Waals surface area contributed by atoms with Crippen LogP contribution in [-0.4, -0.2) is 21.0 Å². The largest absolute Gasteiger partial charge is 0.481 e. The second-order valence-corrected chi connectivity index (χ2v) is 4.38. The second kappa shape index (κ2) is 5.75. The molecular weight excluding hydrogens is 271 g/mol. The van der Waals surface area contributed by atoms with E-state index in [0.717, 1.165) is 0 Å². The standard InChI is InChI=1S/C13H10ClFN2O2/c14-11-6-16-7-17-12(11)10(13(18)19)5-8-1-3-9(15)4-2-8/h1-4,6-7,10H,5H2,(H,18,19). The lowest BCUT2D eigenvalue weighted by molar-refractivity contribution is -0.138. The molecule has 2 aromatic rings. The highest BCUT2D eigenvalue weighted by molar-refractivity contribution is 6.31. The summed E-state index contributed by atoms with van der Waals surface area (Å²) in [6.07, 6.45) is 2.79. The molecule has 19 heavy (non-hydrogen) atoms. The summed E-state index contributed by atoms with van der Waals surface area (Å²) in [6.45, 7) is 0. The van der Waals surface area contributed by atoms with Crippen molar-refractivity contribution >= 4 is 17.6 Å². The summed E-state index contributed by atoms with van der Waals surface area (Å²) < 4.78 is 12.8. The average molecular weight is 281 g/mol. The number of hydrogen-bond acceptors (Lipinski definition) is 3. The maximum atomic E-state index is 12.8. The molecule has 1 aromatic carbocycles. The molecule has 1 aromatic heterocycles. The van der Waals surface area contributed by atoms with Crippen LogP contribution in [0.15, 0.2) is 36.8 Å². The maximum absolute atomic E-state index is 12.8. The zero-order valence-electron chi connectivity index (χ0n) is 9.75. The molecule has 1 heterocycles. The lowest BCUT2D eigenvalue weighted by Crippen LogP contribution is -2.16. The average Bonchev–Trinajstić information content (AvgIpc) is 2.39. The van der Waals surface area contributed by atoms with Gasteiger partial charge in [-0.3, -0.25) is 4.79 Å². The maximum Gasteiger partial charge on any atom is 0.312 e. The number of hydrogen-bond donors (Lipinski definition) is 1. The van der Waals surface area contributed by atoms with Gasteiger partial charge in [-0.15, -0.1) is 0 Å². The molecule has 1 atom stereocenters. The van der Waals surface area contributed by atoms with Crippen LogP contribution in [0.5, 0.6) is 0 Å². The third-order valence-corrected chi connectivity index (χ3v) is 2.97. The third kappa shape index (κ3) is 3.26. The summed E-state index contributed by atoms with van der Waals surface area (Å²) in [5.74, 6) is -2.29. The van der Waals surface area contributed by atoms with Crippen molar-refractivity contribution in [2.24, 2.45) is 0 Å². The topological polar surface area (TPSA) is 63.1 Å². The van der Waals surface area contributed by atoms with Gasteiger partial charge in [-0.25, -0.2) is 14.4 Å². The number of carboxylic acid groups (broad SMARTS) is 1. The van der Waals surface area contributed by atoms with E-state index < -0.39 is 11.9 Å².